The Labute approximate surface area is 146 Å². The van der Waals surface area contributed by atoms with Crippen LogP contribution in [0.5, 0.6) is 0 Å². The Hall–Kier alpha value is -2.27. The number of benzene rings is 1. The van der Waals surface area contributed by atoms with Gasteiger partial charge in [-0.2, -0.15) is 0 Å². The van der Waals surface area contributed by atoms with E-state index in [4.69, 9.17) is 0 Å². The van der Waals surface area contributed by atoms with Gasteiger partial charge in [-0.15, -0.1) is 11.3 Å². The molecule has 1 aromatic carbocycles. The largest absolute Gasteiger partial charge is 0.298 e. The molecule has 0 bridgehead atoms. The highest BCUT2D eigenvalue weighted by molar-refractivity contribution is 7.14. The van der Waals surface area contributed by atoms with E-state index >= 15 is 0 Å². The van der Waals surface area contributed by atoms with Gasteiger partial charge in [-0.1, -0.05) is 45.9 Å². The second-order valence-corrected chi connectivity index (χ2v) is 7.31. The van der Waals surface area contributed by atoms with Crippen LogP contribution in [-0.2, 0) is 0 Å². The molecule has 0 aliphatic heterocycles. The summed E-state index contributed by atoms with van der Waals surface area (Å²) < 4.78 is 0. The van der Waals surface area contributed by atoms with Gasteiger partial charge in [0.25, 0.3) is 5.91 Å². The number of amides is 1. The molecule has 3 aromatic rings. The molecule has 0 saturated carbocycles. The summed E-state index contributed by atoms with van der Waals surface area (Å²) in [5.74, 6) is 0.468. The molecule has 0 atom stereocenters. The van der Waals surface area contributed by atoms with Crippen LogP contribution in [0.15, 0.2) is 35.7 Å². The van der Waals surface area contributed by atoms with Crippen LogP contribution >= 0.6 is 11.3 Å². The van der Waals surface area contributed by atoms with Crippen molar-refractivity contribution < 1.29 is 4.79 Å². The first kappa shape index (κ1) is 16.6. The van der Waals surface area contributed by atoms with Crippen LogP contribution in [0.25, 0.3) is 10.9 Å². The van der Waals surface area contributed by atoms with Crippen LogP contribution < -0.4 is 5.32 Å². The van der Waals surface area contributed by atoms with Gasteiger partial charge in [0, 0.05) is 16.5 Å². The van der Waals surface area contributed by atoms with Gasteiger partial charge in [0.15, 0.2) is 5.13 Å². The van der Waals surface area contributed by atoms with E-state index in [0.29, 0.717) is 16.6 Å². The molecule has 5 heteroatoms. The lowest BCUT2D eigenvalue weighted by atomic mass is 10.0. The van der Waals surface area contributed by atoms with Crippen LogP contribution in [0.4, 0.5) is 5.13 Å². The lowest BCUT2D eigenvalue weighted by Gasteiger charge is -2.11. The lowest BCUT2D eigenvalue weighted by Crippen LogP contribution is -2.13. The van der Waals surface area contributed by atoms with Gasteiger partial charge in [-0.05, 0) is 24.0 Å². The average Bonchev–Trinajstić information content (AvgIpc) is 3.02. The number of fused-ring (bicyclic) bond motifs is 1. The number of aromatic nitrogens is 2. The van der Waals surface area contributed by atoms with Crippen molar-refractivity contribution in [2.75, 3.05) is 5.32 Å². The number of pyridine rings is 1. The van der Waals surface area contributed by atoms with E-state index in [1.165, 1.54) is 11.3 Å². The number of nitrogens with zero attached hydrogens (tertiary/aromatic N) is 2. The SMILES string of the molecule is CC(C)c1csc(NC(=O)c2cc(C(C)C)nc3ccccc23)n1. The number of carbonyl (C=O) groups excluding carboxylic acids is 1. The summed E-state index contributed by atoms with van der Waals surface area (Å²) in [6, 6.07) is 9.63. The third-order valence-electron chi connectivity index (χ3n) is 3.91. The molecule has 4 nitrogen and oxygen atoms in total. The molecule has 0 aliphatic rings. The highest BCUT2D eigenvalue weighted by Crippen LogP contribution is 2.25. The molecule has 0 unspecified atom stereocenters. The van der Waals surface area contributed by atoms with Gasteiger partial charge in [-0.3, -0.25) is 15.1 Å². The molecular weight excluding hydrogens is 318 g/mol. The molecule has 0 saturated heterocycles. The molecule has 2 aromatic heterocycles. The summed E-state index contributed by atoms with van der Waals surface area (Å²) in [6.45, 7) is 8.33. The number of nitrogens with one attached hydrogen (secondary N) is 1. The summed E-state index contributed by atoms with van der Waals surface area (Å²) >= 11 is 1.46. The lowest BCUT2D eigenvalue weighted by molar-refractivity contribution is 0.102. The smallest absolute Gasteiger partial charge is 0.258 e. The van der Waals surface area contributed by atoms with E-state index < -0.39 is 0 Å². The maximum Gasteiger partial charge on any atom is 0.258 e. The number of rotatable bonds is 4. The summed E-state index contributed by atoms with van der Waals surface area (Å²) in [6.07, 6.45) is 0. The highest BCUT2D eigenvalue weighted by atomic mass is 32.1. The summed E-state index contributed by atoms with van der Waals surface area (Å²) in [7, 11) is 0. The minimum absolute atomic E-state index is 0.139. The molecule has 24 heavy (non-hydrogen) atoms. The van der Waals surface area contributed by atoms with Crippen molar-refractivity contribution in [2.45, 2.75) is 39.5 Å². The summed E-state index contributed by atoms with van der Waals surface area (Å²) in [4.78, 5) is 22.0. The van der Waals surface area contributed by atoms with Crippen molar-refractivity contribution in [3.8, 4) is 0 Å². The predicted molar refractivity (Wildman–Crippen MR) is 100.0 cm³/mol. The Balaban J connectivity index is 1.98. The molecule has 2 heterocycles. The second-order valence-electron chi connectivity index (χ2n) is 6.45. The van der Waals surface area contributed by atoms with Crippen LogP contribution in [0.3, 0.4) is 0 Å². The zero-order valence-corrected chi connectivity index (χ0v) is 15.1. The van der Waals surface area contributed by atoms with Crippen molar-refractivity contribution in [2.24, 2.45) is 0 Å². The summed E-state index contributed by atoms with van der Waals surface area (Å²) in [5, 5.41) is 6.42. The number of hydrogen-bond acceptors (Lipinski definition) is 4. The maximum atomic E-state index is 12.8. The second kappa shape index (κ2) is 6.69. The Kier molecular flexibility index (Phi) is 4.62. The monoisotopic (exact) mass is 339 g/mol. The van der Waals surface area contributed by atoms with Gasteiger partial charge < -0.3 is 0 Å². The fourth-order valence-electron chi connectivity index (χ4n) is 2.45. The van der Waals surface area contributed by atoms with Crippen LogP contribution in [0.2, 0.25) is 0 Å². The van der Waals surface area contributed by atoms with Crippen LogP contribution in [0.1, 0.15) is 61.3 Å². The molecular formula is C19H21N3OS. The first-order chi connectivity index (χ1) is 11.5. The first-order valence-corrected chi connectivity index (χ1v) is 9.00. The average molecular weight is 339 g/mol. The van der Waals surface area contributed by atoms with Crippen molar-refractivity contribution in [3.05, 3.63) is 52.7 Å². The maximum absolute atomic E-state index is 12.8. The van der Waals surface area contributed by atoms with E-state index in [2.05, 4.69) is 43.0 Å². The quantitative estimate of drug-likeness (QED) is 0.711. The van der Waals surface area contributed by atoms with Crippen molar-refractivity contribution >= 4 is 33.3 Å². The van der Waals surface area contributed by atoms with E-state index in [1.54, 1.807) is 0 Å². The van der Waals surface area contributed by atoms with Gasteiger partial charge in [-0.25, -0.2) is 4.98 Å². The molecule has 124 valence electrons. The molecule has 1 amide bonds. The van der Waals surface area contributed by atoms with Gasteiger partial charge in [0.2, 0.25) is 0 Å². The zero-order chi connectivity index (χ0) is 17.3. The summed E-state index contributed by atoms with van der Waals surface area (Å²) in [5.41, 5.74) is 3.40. The van der Waals surface area contributed by atoms with E-state index in [0.717, 1.165) is 22.3 Å². The Bertz CT molecular complexity index is 883. The van der Waals surface area contributed by atoms with Crippen molar-refractivity contribution in [1.29, 1.82) is 0 Å². The van der Waals surface area contributed by atoms with E-state index in [9.17, 15) is 4.79 Å². The number of carbonyl (C=O) groups is 1. The third-order valence-corrected chi connectivity index (χ3v) is 4.68. The van der Waals surface area contributed by atoms with Gasteiger partial charge in [0.1, 0.15) is 0 Å². The first-order valence-electron chi connectivity index (χ1n) is 8.12. The number of hydrogen-bond donors (Lipinski definition) is 1. The minimum atomic E-state index is -0.139. The third kappa shape index (κ3) is 3.31. The van der Waals surface area contributed by atoms with Crippen molar-refractivity contribution in [1.82, 2.24) is 9.97 Å². The topological polar surface area (TPSA) is 54.9 Å². The fraction of sp³-hybridized carbons (Fsp3) is 0.316. The molecule has 0 fully saturated rings. The normalized spacial score (nSPS) is 11.4. The fourth-order valence-corrected chi connectivity index (χ4v) is 3.32. The molecule has 0 spiro atoms. The number of anilines is 1. The van der Waals surface area contributed by atoms with E-state index in [-0.39, 0.29) is 11.8 Å². The molecule has 0 radical (unpaired) electrons. The van der Waals surface area contributed by atoms with Crippen LogP contribution in [0, 0.1) is 0 Å². The Morgan fingerprint density at radius 1 is 1.04 bits per heavy atom. The van der Waals surface area contributed by atoms with E-state index in [1.807, 2.05) is 35.7 Å². The molecule has 1 N–H and O–H groups in total. The van der Waals surface area contributed by atoms with Crippen molar-refractivity contribution in [3.63, 3.8) is 0 Å². The highest BCUT2D eigenvalue weighted by Gasteiger charge is 2.16. The predicted octanol–water partition coefficient (Wildman–Crippen LogP) is 5.19. The minimum Gasteiger partial charge on any atom is -0.298 e. The zero-order valence-electron chi connectivity index (χ0n) is 14.3. The Morgan fingerprint density at radius 3 is 2.42 bits per heavy atom. The van der Waals surface area contributed by atoms with Gasteiger partial charge >= 0.3 is 0 Å². The number of para-hydroxylation sites is 1. The Morgan fingerprint density at radius 2 is 1.75 bits per heavy atom. The van der Waals surface area contributed by atoms with Crippen LogP contribution in [-0.4, -0.2) is 15.9 Å². The number of thiazole rings is 1. The van der Waals surface area contributed by atoms with Gasteiger partial charge in [0.05, 0.1) is 16.8 Å². The molecule has 0 aliphatic carbocycles. The molecule has 3 rings (SSSR count). The standard InChI is InChI=1S/C19H21N3OS/c1-11(2)16-9-14(13-7-5-6-8-15(13)20-16)18(23)22-19-21-17(10-24-19)12(3)4/h5-12H,1-4H3,(H,21,22,23).